The third-order valence-corrected chi connectivity index (χ3v) is 3.05. The van der Waals surface area contributed by atoms with Gasteiger partial charge in [-0.15, -0.1) is 16.8 Å². The van der Waals surface area contributed by atoms with E-state index in [1.165, 1.54) is 18.3 Å². The molecule has 0 saturated heterocycles. The summed E-state index contributed by atoms with van der Waals surface area (Å²) in [6, 6.07) is 2.93. The van der Waals surface area contributed by atoms with Crippen LogP contribution in [-0.4, -0.2) is 24.7 Å². The van der Waals surface area contributed by atoms with Crippen molar-refractivity contribution in [2.45, 2.75) is 16.7 Å². The van der Waals surface area contributed by atoms with Gasteiger partial charge in [0, 0.05) is 18.8 Å². The van der Waals surface area contributed by atoms with Gasteiger partial charge >= 0.3 is 5.69 Å². The fourth-order valence-electron chi connectivity index (χ4n) is 1.27. The molecule has 7 nitrogen and oxygen atoms in total. The fourth-order valence-corrected chi connectivity index (χ4v) is 2.13. The largest absolute Gasteiger partial charge is 0.304 e. The zero-order valence-electron chi connectivity index (χ0n) is 9.26. The van der Waals surface area contributed by atoms with Crippen molar-refractivity contribution in [3.05, 3.63) is 47.4 Å². The van der Waals surface area contributed by atoms with Crippen LogP contribution in [-0.2, 0) is 6.54 Å². The Balaban J connectivity index is 2.31. The van der Waals surface area contributed by atoms with Crippen molar-refractivity contribution in [2.24, 2.45) is 0 Å². The Labute approximate surface area is 107 Å². The van der Waals surface area contributed by atoms with Gasteiger partial charge in [-0.3, -0.25) is 10.1 Å². The molecule has 0 unspecified atom stereocenters. The average molecular weight is 263 g/mol. The topological polar surface area (TPSA) is 86.7 Å². The van der Waals surface area contributed by atoms with E-state index < -0.39 is 4.92 Å². The molecule has 0 bridgehead atoms. The number of hydrogen-bond acceptors (Lipinski definition) is 6. The van der Waals surface area contributed by atoms with Crippen molar-refractivity contribution < 1.29 is 4.92 Å². The molecule has 0 fully saturated rings. The summed E-state index contributed by atoms with van der Waals surface area (Å²) in [6.07, 6.45) is 4.74. The first-order valence-electron chi connectivity index (χ1n) is 4.98. The maximum absolute atomic E-state index is 10.9. The quantitative estimate of drug-likeness (QED) is 0.465. The number of aromatic nitrogens is 4. The Bertz CT molecular complexity index is 583. The molecular weight excluding hydrogens is 254 g/mol. The second-order valence-electron chi connectivity index (χ2n) is 3.24. The van der Waals surface area contributed by atoms with Crippen LogP contribution >= 0.6 is 11.8 Å². The Morgan fingerprint density at radius 2 is 2.44 bits per heavy atom. The van der Waals surface area contributed by atoms with Gasteiger partial charge in [-0.1, -0.05) is 6.08 Å². The molecule has 2 rings (SSSR count). The zero-order chi connectivity index (χ0) is 13.0. The molecule has 0 aliphatic heterocycles. The van der Waals surface area contributed by atoms with Gasteiger partial charge in [0.25, 0.3) is 0 Å². The second kappa shape index (κ2) is 5.41. The highest BCUT2D eigenvalue weighted by atomic mass is 32.2. The lowest BCUT2D eigenvalue weighted by atomic mass is 10.4. The van der Waals surface area contributed by atoms with Gasteiger partial charge in [0.15, 0.2) is 10.2 Å². The van der Waals surface area contributed by atoms with Crippen molar-refractivity contribution in [2.75, 3.05) is 0 Å². The number of pyridine rings is 1. The van der Waals surface area contributed by atoms with E-state index in [2.05, 4.69) is 21.8 Å². The van der Waals surface area contributed by atoms with E-state index in [0.717, 1.165) is 11.8 Å². The molecule has 2 aromatic rings. The van der Waals surface area contributed by atoms with Crippen LogP contribution in [0.25, 0.3) is 0 Å². The van der Waals surface area contributed by atoms with Crippen LogP contribution in [0.5, 0.6) is 0 Å². The summed E-state index contributed by atoms with van der Waals surface area (Å²) in [5.41, 5.74) is -0.0457. The predicted octanol–water partition coefficient (Wildman–Crippen LogP) is 1.92. The summed E-state index contributed by atoms with van der Waals surface area (Å²) in [7, 11) is 0. The summed E-state index contributed by atoms with van der Waals surface area (Å²) in [4.78, 5) is 14.4. The maximum Gasteiger partial charge on any atom is 0.301 e. The minimum Gasteiger partial charge on any atom is -0.304 e. The minimum atomic E-state index is -0.469. The Morgan fingerprint density at radius 3 is 3.17 bits per heavy atom. The summed E-state index contributed by atoms with van der Waals surface area (Å²) in [5.74, 6) is 0. The van der Waals surface area contributed by atoms with E-state index in [1.807, 2.05) is 0 Å². The number of rotatable bonds is 5. The fraction of sp³-hybridized carbons (Fsp3) is 0.100. The van der Waals surface area contributed by atoms with Crippen LogP contribution in [0, 0.1) is 10.1 Å². The lowest BCUT2D eigenvalue weighted by Crippen LogP contribution is -1.97. The van der Waals surface area contributed by atoms with Crippen LogP contribution in [0.3, 0.4) is 0 Å². The van der Waals surface area contributed by atoms with Crippen LogP contribution in [0.2, 0.25) is 0 Å². The van der Waals surface area contributed by atoms with Crippen LogP contribution < -0.4 is 0 Å². The summed E-state index contributed by atoms with van der Waals surface area (Å²) >= 11 is 1.10. The summed E-state index contributed by atoms with van der Waals surface area (Å²) in [6.45, 7) is 4.16. The minimum absolute atomic E-state index is 0.0457. The van der Waals surface area contributed by atoms with Crippen LogP contribution in [0.15, 0.2) is 47.5 Å². The van der Waals surface area contributed by atoms with Gasteiger partial charge in [-0.2, -0.15) is 0 Å². The Kier molecular flexibility index (Phi) is 3.68. The van der Waals surface area contributed by atoms with Crippen molar-refractivity contribution in [1.29, 1.82) is 0 Å². The zero-order valence-corrected chi connectivity index (χ0v) is 10.1. The highest BCUT2D eigenvalue weighted by molar-refractivity contribution is 7.99. The standard InChI is InChI=1S/C10H9N5O2S/c1-2-6-14-7-12-13-10(14)18-9-8(15(16)17)4-3-5-11-9/h2-5,7H,1,6H2. The van der Waals surface area contributed by atoms with Gasteiger partial charge < -0.3 is 4.57 Å². The smallest absolute Gasteiger partial charge is 0.301 e. The molecule has 0 N–H and O–H groups in total. The lowest BCUT2D eigenvalue weighted by Gasteiger charge is -2.02. The van der Waals surface area contributed by atoms with Gasteiger partial charge in [0.1, 0.15) is 6.33 Å². The molecule has 0 spiro atoms. The van der Waals surface area contributed by atoms with Crippen LogP contribution in [0.4, 0.5) is 5.69 Å². The van der Waals surface area contributed by atoms with E-state index in [0.29, 0.717) is 16.7 Å². The number of allylic oxidation sites excluding steroid dienone is 1. The van der Waals surface area contributed by atoms with Crippen molar-refractivity contribution >= 4 is 17.4 Å². The Hall–Kier alpha value is -2.22. The normalized spacial score (nSPS) is 10.2. The first-order valence-corrected chi connectivity index (χ1v) is 5.80. The van der Waals surface area contributed by atoms with Gasteiger partial charge in [0.2, 0.25) is 0 Å². The first-order chi connectivity index (χ1) is 8.72. The number of nitro groups is 1. The molecule has 0 radical (unpaired) electrons. The Morgan fingerprint density at radius 1 is 1.61 bits per heavy atom. The molecule has 18 heavy (non-hydrogen) atoms. The van der Waals surface area contributed by atoms with Gasteiger partial charge in [-0.25, -0.2) is 4.98 Å². The molecule has 0 aliphatic carbocycles. The summed E-state index contributed by atoms with van der Waals surface area (Å²) in [5, 5.41) is 19.3. The van der Waals surface area contributed by atoms with Crippen molar-refractivity contribution in [3.8, 4) is 0 Å². The molecule has 0 aromatic carbocycles. The summed E-state index contributed by atoms with van der Waals surface area (Å²) < 4.78 is 1.73. The third-order valence-electron chi connectivity index (χ3n) is 2.04. The molecule has 8 heteroatoms. The predicted molar refractivity (Wildman–Crippen MR) is 65.2 cm³/mol. The molecular formula is C10H9N5O2S. The second-order valence-corrected chi connectivity index (χ2v) is 4.20. The highest BCUT2D eigenvalue weighted by Gasteiger charge is 2.17. The van der Waals surface area contributed by atoms with Crippen LogP contribution in [0.1, 0.15) is 0 Å². The van der Waals surface area contributed by atoms with Crippen molar-refractivity contribution in [1.82, 2.24) is 19.7 Å². The molecule has 0 saturated carbocycles. The highest BCUT2D eigenvalue weighted by Crippen LogP contribution is 2.31. The molecule has 0 aliphatic rings. The van der Waals surface area contributed by atoms with E-state index in [1.54, 1.807) is 17.0 Å². The SMILES string of the molecule is C=CCn1cnnc1Sc1ncccc1[N+](=O)[O-]. The van der Waals surface area contributed by atoms with E-state index in [-0.39, 0.29) is 5.69 Å². The number of nitrogens with zero attached hydrogens (tertiary/aromatic N) is 5. The first kappa shape index (κ1) is 12.2. The van der Waals surface area contributed by atoms with Gasteiger partial charge in [0.05, 0.1) is 4.92 Å². The maximum atomic E-state index is 10.9. The van der Waals surface area contributed by atoms with Crippen molar-refractivity contribution in [3.63, 3.8) is 0 Å². The monoisotopic (exact) mass is 263 g/mol. The third kappa shape index (κ3) is 2.54. The molecule has 92 valence electrons. The van der Waals surface area contributed by atoms with E-state index in [4.69, 9.17) is 0 Å². The number of hydrogen-bond donors (Lipinski definition) is 0. The molecule has 2 heterocycles. The van der Waals surface area contributed by atoms with E-state index >= 15 is 0 Å². The molecule has 2 aromatic heterocycles. The molecule has 0 atom stereocenters. The molecule has 0 amide bonds. The van der Waals surface area contributed by atoms with Gasteiger partial charge in [-0.05, 0) is 17.8 Å². The lowest BCUT2D eigenvalue weighted by molar-refractivity contribution is -0.388. The average Bonchev–Trinajstić information content (AvgIpc) is 2.78. The van der Waals surface area contributed by atoms with E-state index in [9.17, 15) is 10.1 Å².